The normalized spacial score (nSPS) is 14.9. The van der Waals surface area contributed by atoms with Gasteiger partial charge in [0.15, 0.2) is 6.10 Å². The number of hydrogen-bond donors (Lipinski definition) is 2. The summed E-state index contributed by atoms with van der Waals surface area (Å²) in [6.07, 6.45) is -4.97. The van der Waals surface area contributed by atoms with Gasteiger partial charge in [-0.3, -0.25) is 9.69 Å². The molecule has 7 nitrogen and oxygen atoms in total. The molecule has 0 amide bonds. The minimum Gasteiger partial charge on any atom is -0.479 e. The van der Waals surface area contributed by atoms with Crippen molar-refractivity contribution >= 4 is 17.9 Å². The van der Waals surface area contributed by atoms with Crippen LogP contribution in [0.15, 0.2) is 0 Å². The van der Waals surface area contributed by atoms with Crippen molar-refractivity contribution in [3.63, 3.8) is 0 Å². The lowest BCUT2D eigenvalue weighted by molar-refractivity contribution is -0.192. The van der Waals surface area contributed by atoms with Crippen LogP contribution in [0.3, 0.4) is 0 Å². The Hall–Kier alpha value is -1.84. The molecule has 0 heterocycles. The van der Waals surface area contributed by atoms with Crippen LogP contribution in [0, 0.1) is 11.8 Å². The number of ether oxygens (including phenoxy) is 1. The van der Waals surface area contributed by atoms with E-state index >= 15 is 0 Å². The fourth-order valence-corrected chi connectivity index (χ4v) is 2.01. The number of hydrogen-bond acceptors (Lipinski definition) is 5. The molecule has 2 N–H and O–H groups in total. The molecular weight excluding hydrogens is 359 g/mol. The molecule has 0 saturated heterocycles. The van der Waals surface area contributed by atoms with E-state index in [2.05, 4.69) is 0 Å². The molecule has 0 bridgehead atoms. The van der Waals surface area contributed by atoms with Crippen molar-refractivity contribution in [3.8, 4) is 0 Å². The lowest BCUT2D eigenvalue weighted by atomic mass is 9.98. The van der Waals surface area contributed by atoms with E-state index in [0.29, 0.717) is 6.42 Å². The molecule has 0 unspecified atom stereocenters. The molecule has 3 atom stereocenters. The zero-order valence-corrected chi connectivity index (χ0v) is 15.8. The number of carboxylic acids is 2. The number of carbonyl (C=O) groups excluding carboxylic acids is 1. The SMILES string of the molecule is CC[C@H](C)[C@@H](C(=O)O[C@@H](CC(C)C)C(=O)O)N(C)C.O=C(O)C(F)(F)F. The number of esters is 1. The Balaban J connectivity index is 0. The van der Waals surface area contributed by atoms with Gasteiger partial charge in [0, 0.05) is 0 Å². The highest BCUT2D eigenvalue weighted by molar-refractivity contribution is 5.81. The number of halogens is 3. The molecule has 0 saturated carbocycles. The summed E-state index contributed by atoms with van der Waals surface area (Å²) >= 11 is 0. The lowest BCUT2D eigenvalue weighted by Gasteiger charge is -2.29. The second-order valence-corrected chi connectivity index (χ2v) is 6.49. The van der Waals surface area contributed by atoms with Crippen LogP contribution in [0.5, 0.6) is 0 Å². The Bertz CT molecular complexity index is 465. The summed E-state index contributed by atoms with van der Waals surface area (Å²) < 4.78 is 36.9. The van der Waals surface area contributed by atoms with Gasteiger partial charge in [0.1, 0.15) is 6.04 Å². The van der Waals surface area contributed by atoms with E-state index in [1.165, 1.54) is 0 Å². The first-order valence-electron chi connectivity index (χ1n) is 8.04. The average molecular weight is 387 g/mol. The maximum atomic E-state index is 12.2. The van der Waals surface area contributed by atoms with Crippen molar-refractivity contribution < 1.29 is 42.5 Å². The molecule has 0 radical (unpaired) electrons. The van der Waals surface area contributed by atoms with Crippen molar-refractivity contribution in [1.82, 2.24) is 4.90 Å². The number of aliphatic carboxylic acids is 2. The van der Waals surface area contributed by atoms with Crippen molar-refractivity contribution in [3.05, 3.63) is 0 Å². The summed E-state index contributed by atoms with van der Waals surface area (Å²) in [7, 11) is 3.60. The predicted octanol–water partition coefficient (Wildman–Crippen LogP) is 2.64. The fourth-order valence-electron chi connectivity index (χ4n) is 2.01. The van der Waals surface area contributed by atoms with Crippen molar-refractivity contribution in [2.45, 2.75) is 58.9 Å². The quantitative estimate of drug-likeness (QED) is 0.617. The summed E-state index contributed by atoms with van der Waals surface area (Å²) in [5.41, 5.74) is 0. The number of rotatable bonds is 8. The van der Waals surface area contributed by atoms with Crippen LogP contribution in [0.1, 0.15) is 40.5 Å². The molecule has 0 aliphatic carbocycles. The van der Waals surface area contributed by atoms with Crippen molar-refractivity contribution in [2.24, 2.45) is 11.8 Å². The van der Waals surface area contributed by atoms with E-state index in [-0.39, 0.29) is 11.8 Å². The van der Waals surface area contributed by atoms with Gasteiger partial charge in [-0.25, -0.2) is 9.59 Å². The van der Waals surface area contributed by atoms with Gasteiger partial charge in [-0.05, 0) is 32.4 Å². The van der Waals surface area contributed by atoms with E-state index in [1.807, 2.05) is 27.7 Å². The first kappa shape index (κ1) is 26.4. The smallest absolute Gasteiger partial charge is 0.479 e. The minimum atomic E-state index is -5.08. The summed E-state index contributed by atoms with van der Waals surface area (Å²) in [6.45, 7) is 7.77. The number of carbonyl (C=O) groups is 3. The summed E-state index contributed by atoms with van der Waals surface area (Å²) in [5.74, 6) is -4.00. The highest BCUT2D eigenvalue weighted by Gasteiger charge is 2.38. The zero-order chi connectivity index (χ0) is 21.2. The number of alkyl halides is 3. The van der Waals surface area contributed by atoms with Crippen LogP contribution in [0.2, 0.25) is 0 Å². The molecule has 154 valence electrons. The Morgan fingerprint density at radius 3 is 1.73 bits per heavy atom. The Kier molecular flexibility index (Phi) is 11.9. The molecule has 0 aliphatic rings. The average Bonchev–Trinajstić information content (AvgIpc) is 2.44. The maximum absolute atomic E-state index is 12.2. The molecule has 26 heavy (non-hydrogen) atoms. The van der Waals surface area contributed by atoms with Gasteiger partial charge < -0.3 is 14.9 Å². The van der Waals surface area contributed by atoms with Gasteiger partial charge >= 0.3 is 24.1 Å². The van der Waals surface area contributed by atoms with Gasteiger partial charge in [-0.15, -0.1) is 0 Å². The topological polar surface area (TPSA) is 104 Å². The van der Waals surface area contributed by atoms with Crippen LogP contribution >= 0.6 is 0 Å². The molecule has 10 heteroatoms. The highest BCUT2D eigenvalue weighted by Crippen LogP contribution is 2.17. The van der Waals surface area contributed by atoms with Gasteiger partial charge in [0.2, 0.25) is 0 Å². The standard InChI is InChI=1S/C14H27NO4.C2HF3O2/c1-7-10(4)12(15(5)6)14(18)19-11(13(16)17)8-9(2)3;3-2(4,5)1(6)7/h9-12H,7-8H2,1-6H3,(H,16,17);(H,6,7)/t10-,11-,12-;/m0./s1. The van der Waals surface area contributed by atoms with E-state index < -0.39 is 36.2 Å². The van der Waals surface area contributed by atoms with E-state index in [9.17, 15) is 22.8 Å². The molecule has 0 aliphatic heterocycles. The van der Waals surface area contributed by atoms with Gasteiger partial charge in [-0.2, -0.15) is 13.2 Å². The van der Waals surface area contributed by atoms with Crippen LogP contribution in [-0.2, 0) is 19.1 Å². The summed E-state index contributed by atoms with van der Waals surface area (Å²) in [6, 6.07) is -0.404. The molecular formula is C16H28F3NO6. The monoisotopic (exact) mass is 387 g/mol. The Morgan fingerprint density at radius 1 is 1.08 bits per heavy atom. The lowest BCUT2D eigenvalue weighted by Crippen LogP contribution is -2.44. The van der Waals surface area contributed by atoms with E-state index in [4.69, 9.17) is 19.7 Å². The highest BCUT2D eigenvalue weighted by atomic mass is 19.4. The molecule has 0 aromatic rings. The second kappa shape index (κ2) is 11.7. The molecule has 0 aromatic carbocycles. The summed E-state index contributed by atoms with van der Waals surface area (Å²) in [4.78, 5) is 33.9. The Labute approximate surface area is 151 Å². The molecule has 0 fully saturated rings. The largest absolute Gasteiger partial charge is 0.490 e. The van der Waals surface area contributed by atoms with Crippen LogP contribution in [-0.4, -0.2) is 65.4 Å². The number of likely N-dealkylation sites (N-methyl/N-ethyl adjacent to an activating group) is 1. The van der Waals surface area contributed by atoms with Crippen LogP contribution in [0.25, 0.3) is 0 Å². The first-order chi connectivity index (χ1) is 11.6. The summed E-state index contributed by atoms with van der Waals surface area (Å²) in [5, 5.41) is 16.2. The van der Waals surface area contributed by atoms with Gasteiger partial charge in [0.05, 0.1) is 0 Å². The fraction of sp³-hybridized carbons (Fsp3) is 0.812. The van der Waals surface area contributed by atoms with Crippen molar-refractivity contribution in [2.75, 3.05) is 14.1 Å². The maximum Gasteiger partial charge on any atom is 0.490 e. The third kappa shape index (κ3) is 10.9. The third-order valence-electron chi connectivity index (χ3n) is 3.44. The third-order valence-corrected chi connectivity index (χ3v) is 3.44. The Morgan fingerprint density at radius 2 is 1.50 bits per heavy atom. The van der Waals surface area contributed by atoms with Crippen LogP contribution in [0.4, 0.5) is 13.2 Å². The van der Waals surface area contributed by atoms with E-state index in [0.717, 1.165) is 6.42 Å². The zero-order valence-electron chi connectivity index (χ0n) is 15.8. The van der Waals surface area contributed by atoms with Gasteiger partial charge in [0.25, 0.3) is 0 Å². The molecule has 0 spiro atoms. The number of carboxylic acid groups (broad SMARTS) is 2. The van der Waals surface area contributed by atoms with Gasteiger partial charge in [-0.1, -0.05) is 34.1 Å². The number of nitrogens with zero attached hydrogens (tertiary/aromatic N) is 1. The second-order valence-electron chi connectivity index (χ2n) is 6.49. The minimum absolute atomic E-state index is 0.121. The van der Waals surface area contributed by atoms with Crippen LogP contribution < -0.4 is 0 Å². The molecule has 0 aromatic heterocycles. The predicted molar refractivity (Wildman–Crippen MR) is 87.6 cm³/mol. The molecule has 0 rings (SSSR count). The first-order valence-corrected chi connectivity index (χ1v) is 8.04. The van der Waals surface area contributed by atoms with E-state index in [1.54, 1.807) is 19.0 Å². The van der Waals surface area contributed by atoms with Crippen molar-refractivity contribution in [1.29, 1.82) is 0 Å².